The zero-order valence-electron chi connectivity index (χ0n) is 25.1. The molecular formula is C40H36N4. The van der Waals surface area contributed by atoms with Crippen molar-refractivity contribution in [2.75, 3.05) is 0 Å². The van der Waals surface area contributed by atoms with Gasteiger partial charge in [0.15, 0.2) is 0 Å². The highest BCUT2D eigenvalue weighted by atomic mass is 15.0. The Kier molecular flexibility index (Phi) is 6.46. The van der Waals surface area contributed by atoms with Gasteiger partial charge in [0.05, 0.1) is 5.52 Å². The minimum atomic E-state index is -0.439. The maximum atomic E-state index is 6.73. The van der Waals surface area contributed by atoms with Crippen molar-refractivity contribution in [2.24, 2.45) is 22.6 Å². The predicted octanol–water partition coefficient (Wildman–Crippen LogP) is 9.72. The summed E-state index contributed by atoms with van der Waals surface area (Å²) in [5.41, 5.74) is 17.6. The second kappa shape index (κ2) is 10.7. The lowest BCUT2D eigenvalue weighted by molar-refractivity contribution is 0.640. The second-order valence-corrected chi connectivity index (χ2v) is 12.4. The average molecular weight is 573 g/mol. The molecule has 2 aromatic heterocycles. The van der Waals surface area contributed by atoms with Crippen LogP contribution in [-0.2, 0) is 0 Å². The van der Waals surface area contributed by atoms with E-state index in [2.05, 4.69) is 145 Å². The Hall–Kier alpha value is -4.93. The number of nitrogens with zero attached hydrogens (tertiary/aromatic N) is 2. The third kappa shape index (κ3) is 4.45. The third-order valence-electron chi connectivity index (χ3n) is 9.45. The van der Waals surface area contributed by atoms with Crippen LogP contribution in [0, 0.1) is 11.8 Å². The van der Waals surface area contributed by atoms with E-state index in [-0.39, 0.29) is 5.92 Å². The van der Waals surface area contributed by atoms with Crippen molar-refractivity contribution in [1.29, 1.82) is 0 Å². The number of nitrogens with two attached hydrogens (primary N) is 1. The molecule has 0 fully saturated rings. The number of nitrogens with one attached hydrogen (secondary N) is 1. The number of aliphatic imine (C=N–C) groups is 1. The topological polar surface area (TPSA) is 59.1 Å². The lowest BCUT2D eigenvalue weighted by Crippen LogP contribution is -2.15. The lowest BCUT2D eigenvalue weighted by atomic mass is 9.86. The van der Waals surface area contributed by atoms with E-state index in [0.29, 0.717) is 11.8 Å². The van der Waals surface area contributed by atoms with Crippen molar-refractivity contribution in [3.05, 3.63) is 138 Å². The maximum absolute atomic E-state index is 6.73. The van der Waals surface area contributed by atoms with E-state index in [9.17, 15) is 0 Å². The molecule has 0 spiro atoms. The molecule has 4 atom stereocenters. The van der Waals surface area contributed by atoms with Crippen LogP contribution in [0.5, 0.6) is 0 Å². The van der Waals surface area contributed by atoms with Gasteiger partial charge in [-0.05, 0) is 59.4 Å². The Labute approximate surface area is 257 Å². The number of allylic oxidation sites excluding steroid dienone is 5. The van der Waals surface area contributed by atoms with Gasteiger partial charge in [0.2, 0.25) is 0 Å². The number of hydrogen-bond acceptors (Lipinski definition) is 2. The fourth-order valence-corrected chi connectivity index (χ4v) is 7.09. The first-order valence-corrected chi connectivity index (χ1v) is 15.6. The Morgan fingerprint density at radius 2 is 1.70 bits per heavy atom. The highest BCUT2D eigenvalue weighted by Gasteiger charge is 2.25. The molecule has 4 nitrogen and oxygen atoms in total. The summed E-state index contributed by atoms with van der Waals surface area (Å²) >= 11 is 0. The van der Waals surface area contributed by atoms with Crippen molar-refractivity contribution in [2.45, 2.75) is 32.4 Å². The van der Waals surface area contributed by atoms with Crippen LogP contribution < -0.4 is 5.73 Å². The van der Waals surface area contributed by atoms with Crippen LogP contribution in [0.2, 0.25) is 0 Å². The van der Waals surface area contributed by atoms with Crippen molar-refractivity contribution >= 4 is 50.6 Å². The molecule has 0 aliphatic heterocycles. The van der Waals surface area contributed by atoms with Crippen LogP contribution in [0.1, 0.15) is 54.7 Å². The fraction of sp³-hybridized carbons (Fsp3) is 0.175. The van der Waals surface area contributed by atoms with Crippen LogP contribution >= 0.6 is 0 Å². The van der Waals surface area contributed by atoms with Gasteiger partial charge in [0.1, 0.15) is 6.17 Å². The van der Waals surface area contributed by atoms with Crippen LogP contribution in [-0.4, -0.2) is 15.8 Å². The van der Waals surface area contributed by atoms with Crippen LogP contribution in [0.4, 0.5) is 0 Å². The SMILES string of the molecule is CC1CC=Cc2c1n(-c1cccc(C(N)/N=C/C3C=CC(c4ccccc4)=CC3C)c1)c1cc3[nH]c4ccccc4c3cc21. The van der Waals surface area contributed by atoms with Gasteiger partial charge in [-0.25, -0.2) is 0 Å². The molecule has 0 radical (unpaired) electrons. The van der Waals surface area contributed by atoms with E-state index < -0.39 is 6.17 Å². The van der Waals surface area contributed by atoms with E-state index in [0.717, 1.165) is 23.2 Å². The predicted molar refractivity (Wildman–Crippen MR) is 186 cm³/mol. The van der Waals surface area contributed by atoms with Gasteiger partial charge < -0.3 is 15.3 Å². The van der Waals surface area contributed by atoms with E-state index in [4.69, 9.17) is 10.7 Å². The molecule has 0 amide bonds. The molecule has 0 bridgehead atoms. The Bertz CT molecular complexity index is 2150. The molecule has 0 saturated carbocycles. The number of fused-ring (bicyclic) bond motifs is 6. The highest BCUT2D eigenvalue weighted by molar-refractivity contribution is 6.13. The smallest absolute Gasteiger partial charge is 0.122 e. The first-order chi connectivity index (χ1) is 21.5. The second-order valence-electron chi connectivity index (χ2n) is 12.4. The molecule has 2 heterocycles. The molecule has 44 heavy (non-hydrogen) atoms. The van der Waals surface area contributed by atoms with Gasteiger partial charge in [-0.1, -0.05) is 105 Å². The molecule has 8 rings (SSSR count). The summed E-state index contributed by atoms with van der Waals surface area (Å²) in [6.45, 7) is 4.57. The monoisotopic (exact) mass is 572 g/mol. The molecule has 4 heteroatoms. The van der Waals surface area contributed by atoms with Crippen molar-refractivity contribution in [3.63, 3.8) is 0 Å². The zero-order valence-corrected chi connectivity index (χ0v) is 25.1. The summed E-state index contributed by atoms with van der Waals surface area (Å²) in [5.74, 6) is 0.955. The standard InChI is InChI=1S/C40H36N4/c1-25-10-8-16-33-35-22-34-32-15-6-7-17-36(32)43-37(34)23-38(35)44(39(25)33)31-14-9-13-29(21-31)40(41)42-24-30-19-18-28(20-26(30)2)27-11-4-3-5-12-27/h3-9,11-26,30,40,43H,10,41H2,1-2H3/b42-24+. The van der Waals surface area contributed by atoms with Gasteiger partial charge in [-0.3, -0.25) is 4.99 Å². The first-order valence-electron chi connectivity index (χ1n) is 15.6. The molecule has 2 aliphatic carbocycles. The van der Waals surface area contributed by atoms with Crippen LogP contribution in [0.3, 0.4) is 0 Å². The number of hydrogen-bond donors (Lipinski definition) is 2. The molecule has 4 unspecified atom stereocenters. The molecule has 216 valence electrons. The van der Waals surface area contributed by atoms with E-state index in [1.807, 2.05) is 6.21 Å². The number of aromatic nitrogens is 2. The zero-order chi connectivity index (χ0) is 29.8. The minimum Gasteiger partial charge on any atom is -0.354 e. The fourth-order valence-electron chi connectivity index (χ4n) is 7.09. The van der Waals surface area contributed by atoms with Gasteiger partial charge in [0, 0.05) is 62.2 Å². The van der Waals surface area contributed by atoms with Gasteiger partial charge in [-0.15, -0.1) is 0 Å². The molecule has 6 aromatic rings. The van der Waals surface area contributed by atoms with Crippen LogP contribution in [0.25, 0.3) is 50.0 Å². The summed E-state index contributed by atoms with van der Waals surface area (Å²) < 4.78 is 2.45. The van der Waals surface area contributed by atoms with Crippen molar-refractivity contribution in [1.82, 2.24) is 9.55 Å². The highest BCUT2D eigenvalue weighted by Crippen LogP contribution is 2.42. The molecule has 4 aromatic carbocycles. The molecule has 3 N–H and O–H groups in total. The van der Waals surface area contributed by atoms with Crippen molar-refractivity contribution < 1.29 is 0 Å². The van der Waals surface area contributed by atoms with Gasteiger partial charge in [0.25, 0.3) is 0 Å². The normalized spacial score (nSPS) is 20.5. The number of para-hydroxylation sites is 1. The number of H-pyrrole nitrogens is 1. The van der Waals surface area contributed by atoms with E-state index >= 15 is 0 Å². The number of rotatable bonds is 5. The molecular weight excluding hydrogens is 536 g/mol. The summed E-state index contributed by atoms with van der Waals surface area (Å²) in [6, 6.07) is 32.4. The summed E-state index contributed by atoms with van der Waals surface area (Å²) in [7, 11) is 0. The summed E-state index contributed by atoms with van der Waals surface area (Å²) in [5, 5.41) is 3.81. The van der Waals surface area contributed by atoms with Gasteiger partial charge >= 0.3 is 0 Å². The Morgan fingerprint density at radius 3 is 2.57 bits per heavy atom. The Morgan fingerprint density at radius 1 is 0.864 bits per heavy atom. The maximum Gasteiger partial charge on any atom is 0.122 e. The van der Waals surface area contributed by atoms with Crippen LogP contribution in [0.15, 0.2) is 120 Å². The lowest BCUT2D eigenvalue weighted by Gasteiger charge is -2.21. The molecule has 0 saturated heterocycles. The summed E-state index contributed by atoms with van der Waals surface area (Å²) in [6.07, 6.45) is 14.0. The van der Waals surface area contributed by atoms with E-state index in [1.54, 1.807) is 0 Å². The largest absolute Gasteiger partial charge is 0.354 e. The Balaban J connectivity index is 1.15. The summed E-state index contributed by atoms with van der Waals surface area (Å²) in [4.78, 5) is 8.52. The number of aromatic amines is 1. The van der Waals surface area contributed by atoms with Crippen molar-refractivity contribution in [3.8, 4) is 5.69 Å². The quantitative estimate of drug-likeness (QED) is 0.199. The average Bonchev–Trinajstić information content (AvgIpc) is 3.59. The van der Waals surface area contributed by atoms with E-state index in [1.165, 1.54) is 49.6 Å². The third-order valence-corrected chi connectivity index (χ3v) is 9.45. The molecule has 2 aliphatic rings. The first kappa shape index (κ1) is 26.7. The minimum absolute atomic E-state index is 0.212. The number of benzene rings is 4. The van der Waals surface area contributed by atoms with Gasteiger partial charge in [-0.2, -0.15) is 0 Å².